The van der Waals surface area contributed by atoms with Gasteiger partial charge in [-0.1, -0.05) is 0 Å². The van der Waals surface area contributed by atoms with Gasteiger partial charge in [0, 0.05) is 37.0 Å². The highest BCUT2D eigenvalue weighted by Crippen LogP contribution is 2.28. The van der Waals surface area contributed by atoms with Gasteiger partial charge in [-0.05, 0) is 68.4 Å². The van der Waals surface area contributed by atoms with Crippen LogP contribution in [0.3, 0.4) is 0 Å². The van der Waals surface area contributed by atoms with Gasteiger partial charge in [0.1, 0.15) is 0 Å². The molecular formula is C19H31ClN2O2S. The summed E-state index contributed by atoms with van der Waals surface area (Å²) in [4.78, 5) is 15.9. The molecule has 0 bridgehead atoms. The molecular weight excluding hydrogens is 356 g/mol. The molecule has 2 aliphatic heterocycles. The zero-order valence-electron chi connectivity index (χ0n) is 15.1. The second-order valence-corrected chi connectivity index (χ2v) is 8.24. The fourth-order valence-electron chi connectivity index (χ4n) is 4.01. The van der Waals surface area contributed by atoms with Gasteiger partial charge in [0.15, 0.2) is 0 Å². The number of amides is 1. The predicted octanol–water partition coefficient (Wildman–Crippen LogP) is 3.55. The highest BCUT2D eigenvalue weighted by molar-refractivity contribution is 7.10. The van der Waals surface area contributed by atoms with Gasteiger partial charge in [-0.25, -0.2) is 0 Å². The molecule has 142 valence electrons. The number of hydrogen-bond donors (Lipinski definition) is 1. The first-order valence-electron chi connectivity index (χ1n) is 9.33. The Morgan fingerprint density at radius 1 is 1.36 bits per heavy atom. The number of rotatable bonds is 5. The Hall–Kier alpha value is -0.620. The van der Waals surface area contributed by atoms with Crippen molar-refractivity contribution >= 4 is 29.7 Å². The van der Waals surface area contributed by atoms with Gasteiger partial charge in [0.05, 0.1) is 6.10 Å². The summed E-state index contributed by atoms with van der Waals surface area (Å²) in [5.41, 5.74) is 7.58. The van der Waals surface area contributed by atoms with Gasteiger partial charge < -0.3 is 15.4 Å². The number of hydrogen-bond acceptors (Lipinski definition) is 4. The van der Waals surface area contributed by atoms with E-state index in [9.17, 15) is 4.79 Å². The lowest BCUT2D eigenvalue weighted by molar-refractivity contribution is -0.134. The zero-order valence-corrected chi connectivity index (χ0v) is 16.7. The largest absolute Gasteiger partial charge is 0.376 e. The molecule has 1 aromatic rings. The third-order valence-electron chi connectivity index (χ3n) is 5.53. The van der Waals surface area contributed by atoms with Crippen LogP contribution in [0.2, 0.25) is 0 Å². The van der Waals surface area contributed by atoms with Crippen molar-refractivity contribution in [2.75, 3.05) is 19.7 Å². The summed E-state index contributed by atoms with van der Waals surface area (Å²) in [7, 11) is 0. The maximum absolute atomic E-state index is 12.4. The minimum Gasteiger partial charge on any atom is -0.376 e. The molecule has 3 heterocycles. The first-order valence-corrected chi connectivity index (χ1v) is 10.2. The Morgan fingerprint density at radius 3 is 2.76 bits per heavy atom. The van der Waals surface area contributed by atoms with Crippen LogP contribution in [-0.2, 0) is 16.0 Å². The van der Waals surface area contributed by atoms with Gasteiger partial charge in [-0.15, -0.1) is 23.7 Å². The maximum atomic E-state index is 12.4. The number of nitrogens with two attached hydrogens (primary N) is 1. The van der Waals surface area contributed by atoms with Crippen molar-refractivity contribution in [3.8, 4) is 0 Å². The van der Waals surface area contributed by atoms with Crippen LogP contribution in [0.4, 0.5) is 0 Å². The van der Waals surface area contributed by atoms with Crippen LogP contribution in [0.5, 0.6) is 0 Å². The summed E-state index contributed by atoms with van der Waals surface area (Å²) < 4.78 is 5.92. The van der Waals surface area contributed by atoms with Gasteiger partial charge in [-0.3, -0.25) is 4.79 Å². The quantitative estimate of drug-likeness (QED) is 0.841. The Bertz CT molecular complexity index is 543. The zero-order chi connectivity index (χ0) is 16.9. The molecule has 0 radical (unpaired) electrons. The lowest BCUT2D eigenvalue weighted by Gasteiger charge is -2.40. The van der Waals surface area contributed by atoms with E-state index in [-0.39, 0.29) is 24.6 Å². The average Bonchev–Trinajstić information content (AvgIpc) is 3.00. The summed E-state index contributed by atoms with van der Waals surface area (Å²) in [6.07, 6.45) is 7.08. The smallest absolute Gasteiger partial charge is 0.222 e. The molecule has 0 aliphatic carbocycles. The normalized spacial score (nSPS) is 24.8. The molecule has 2 atom stereocenters. The number of carbonyl (C=O) groups is 1. The van der Waals surface area contributed by atoms with E-state index in [1.807, 2.05) is 4.90 Å². The third-order valence-corrected chi connectivity index (χ3v) is 6.62. The number of nitrogens with zero attached hydrogens (tertiary/aromatic N) is 1. The molecule has 3 rings (SSSR count). The van der Waals surface area contributed by atoms with E-state index in [0.717, 1.165) is 58.2 Å². The fourth-order valence-corrected chi connectivity index (χ4v) is 4.96. The molecule has 2 aliphatic rings. The Morgan fingerprint density at radius 2 is 2.12 bits per heavy atom. The number of carbonyl (C=O) groups excluding carboxylic acids is 1. The van der Waals surface area contributed by atoms with Crippen molar-refractivity contribution in [1.82, 2.24) is 4.90 Å². The summed E-state index contributed by atoms with van der Waals surface area (Å²) in [5, 5.41) is 2.13. The third kappa shape index (κ3) is 5.43. The first-order chi connectivity index (χ1) is 11.6. The molecule has 1 amide bonds. The van der Waals surface area contributed by atoms with E-state index in [1.165, 1.54) is 10.4 Å². The van der Waals surface area contributed by atoms with E-state index >= 15 is 0 Å². The van der Waals surface area contributed by atoms with E-state index in [0.29, 0.717) is 18.2 Å². The van der Waals surface area contributed by atoms with Crippen LogP contribution in [0.15, 0.2) is 11.4 Å². The van der Waals surface area contributed by atoms with Gasteiger partial charge >= 0.3 is 0 Å². The molecule has 0 saturated carbocycles. The number of aryl methyl sites for hydroxylation is 2. The summed E-state index contributed by atoms with van der Waals surface area (Å²) in [6.45, 7) is 4.73. The molecule has 2 fully saturated rings. The predicted molar refractivity (Wildman–Crippen MR) is 105 cm³/mol. The number of ether oxygens (including phenoxy) is 1. The Kier molecular flexibility index (Phi) is 8.20. The summed E-state index contributed by atoms with van der Waals surface area (Å²) in [5.74, 6) is 0.842. The number of likely N-dealkylation sites (tertiary alicyclic amines) is 1. The van der Waals surface area contributed by atoms with Gasteiger partial charge in [0.2, 0.25) is 5.91 Å². The van der Waals surface area contributed by atoms with E-state index in [4.69, 9.17) is 10.5 Å². The highest BCUT2D eigenvalue weighted by atomic mass is 35.5. The van der Waals surface area contributed by atoms with Crippen molar-refractivity contribution in [1.29, 1.82) is 0 Å². The topological polar surface area (TPSA) is 55.6 Å². The second-order valence-electron chi connectivity index (χ2n) is 7.24. The number of thiophene rings is 1. The summed E-state index contributed by atoms with van der Waals surface area (Å²) in [6, 6.07) is 2.34. The molecule has 0 spiro atoms. The summed E-state index contributed by atoms with van der Waals surface area (Å²) >= 11 is 1.80. The lowest BCUT2D eigenvalue weighted by Crippen LogP contribution is -2.49. The van der Waals surface area contributed by atoms with Crippen LogP contribution in [0, 0.1) is 12.8 Å². The molecule has 4 nitrogen and oxygen atoms in total. The standard InChI is InChI=1S/C19H30N2O2S.ClH/c1-14-9-13-24-17(14)5-2-6-18(22)21-10-7-15(8-11-21)19-16(20)4-3-12-23-19;/h9,13,15-16,19H,2-8,10-12,20H2,1H3;1H. The molecule has 1 aromatic heterocycles. The first kappa shape index (κ1) is 20.7. The Labute approximate surface area is 161 Å². The number of piperidine rings is 1. The maximum Gasteiger partial charge on any atom is 0.222 e. The minimum absolute atomic E-state index is 0. The SMILES string of the molecule is Cc1ccsc1CCCC(=O)N1CCC(C2OCCCC2N)CC1.Cl. The van der Waals surface area contributed by atoms with Crippen molar-refractivity contribution in [2.45, 2.75) is 64.0 Å². The van der Waals surface area contributed by atoms with E-state index < -0.39 is 0 Å². The van der Waals surface area contributed by atoms with Crippen molar-refractivity contribution in [3.63, 3.8) is 0 Å². The highest BCUT2D eigenvalue weighted by Gasteiger charge is 2.33. The molecule has 2 unspecified atom stereocenters. The lowest BCUT2D eigenvalue weighted by atomic mass is 9.85. The average molecular weight is 387 g/mol. The van der Waals surface area contributed by atoms with Crippen molar-refractivity contribution in [2.24, 2.45) is 11.7 Å². The van der Waals surface area contributed by atoms with E-state index in [1.54, 1.807) is 11.3 Å². The second kappa shape index (κ2) is 9.91. The van der Waals surface area contributed by atoms with Crippen LogP contribution in [0.1, 0.15) is 49.0 Å². The van der Waals surface area contributed by atoms with Crippen LogP contribution in [-0.4, -0.2) is 42.6 Å². The molecule has 0 aromatic carbocycles. The molecule has 2 saturated heterocycles. The molecule has 6 heteroatoms. The van der Waals surface area contributed by atoms with Crippen LogP contribution >= 0.6 is 23.7 Å². The fraction of sp³-hybridized carbons (Fsp3) is 0.737. The number of halogens is 1. The van der Waals surface area contributed by atoms with Crippen molar-refractivity contribution in [3.05, 3.63) is 21.9 Å². The molecule has 25 heavy (non-hydrogen) atoms. The van der Waals surface area contributed by atoms with Gasteiger partial charge in [0.25, 0.3) is 0 Å². The van der Waals surface area contributed by atoms with Gasteiger partial charge in [-0.2, -0.15) is 0 Å². The monoisotopic (exact) mass is 386 g/mol. The van der Waals surface area contributed by atoms with Crippen molar-refractivity contribution < 1.29 is 9.53 Å². The Balaban J connectivity index is 0.00000225. The van der Waals surface area contributed by atoms with Crippen LogP contribution in [0.25, 0.3) is 0 Å². The van der Waals surface area contributed by atoms with Crippen LogP contribution < -0.4 is 5.73 Å². The molecule has 2 N–H and O–H groups in total. The minimum atomic E-state index is 0. The van der Waals surface area contributed by atoms with E-state index in [2.05, 4.69) is 18.4 Å².